The number of aliphatic hydroxyl groups is 1. The van der Waals surface area contributed by atoms with Gasteiger partial charge in [-0.1, -0.05) is 336 Å². The number of carbonyl (C=O) groups excluding carboxylic acids is 4. The summed E-state index contributed by atoms with van der Waals surface area (Å²) in [5.41, 5.74) is 0. The summed E-state index contributed by atoms with van der Waals surface area (Å²) in [6.07, 6.45) is 57.1. The molecule has 0 saturated heterocycles. The molecule has 0 bridgehead atoms. The minimum atomic E-state index is -4.95. The highest BCUT2D eigenvalue weighted by atomic mass is 31.2. The average molecular weight is 1350 g/mol. The summed E-state index contributed by atoms with van der Waals surface area (Å²) in [5, 5.41) is 10.6. The van der Waals surface area contributed by atoms with Crippen LogP contribution in [0.4, 0.5) is 0 Å². The van der Waals surface area contributed by atoms with Crippen molar-refractivity contribution in [1.82, 2.24) is 0 Å². The number of aliphatic hydroxyl groups excluding tert-OH is 1. The maximum absolute atomic E-state index is 13.1. The van der Waals surface area contributed by atoms with Crippen molar-refractivity contribution in [3.8, 4) is 0 Å². The Hall–Kier alpha value is -1.94. The summed E-state index contributed by atoms with van der Waals surface area (Å²) >= 11 is 0. The number of rotatable bonds is 74. The fourth-order valence-corrected chi connectivity index (χ4v) is 12.8. The van der Waals surface area contributed by atoms with Gasteiger partial charge in [-0.05, 0) is 25.7 Å². The van der Waals surface area contributed by atoms with Gasteiger partial charge in [0.05, 0.1) is 26.4 Å². The Morgan fingerprint density at radius 2 is 0.435 bits per heavy atom. The molecule has 0 aromatic carbocycles. The minimum Gasteiger partial charge on any atom is -0.462 e. The SMILES string of the molecule is CCCCCCCCCCCCCCCCCCCCCCCCC(=O)O[C@H](COC(=O)CCCCCCCCCCCCCCC)COP(=O)(O)OC[C@@H](O)COP(=O)(O)OC[C@@H](COC(=O)CCCCCCCCCC)OC(=O)CCCCCCCCCCC. The van der Waals surface area contributed by atoms with Gasteiger partial charge in [-0.15, -0.1) is 0 Å². The van der Waals surface area contributed by atoms with E-state index < -0.39 is 97.5 Å². The number of hydrogen-bond donors (Lipinski definition) is 3. The molecule has 546 valence electrons. The highest BCUT2D eigenvalue weighted by Gasteiger charge is 2.30. The molecule has 0 aliphatic rings. The zero-order valence-electron chi connectivity index (χ0n) is 59.5. The first-order chi connectivity index (χ1) is 44.7. The number of phosphoric ester groups is 2. The van der Waals surface area contributed by atoms with E-state index in [9.17, 15) is 43.2 Å². The Morgan fingerprint density at radius 1 is 0.261 bits per heavy atom. The predicted octanol–water partition coefficient (Wildman–Crippen LogP) is 21.4. The van der Waals surface area contributed by atoms with Crippen molar-refractivity contribution in [3.05, 3.63) is 0 Å². The van der Waals surface area contributed by atoms with Crippen LogP contribution in [0.25, 0.3) is 0 Å². The first-order valence-electron chi connectivity index (χ1n) is 38.3. The number of phosphoric acid groups is 2. The minimum absolute atomic E-state index is 0.106. The Bertz CT molecular complexity index is 1760. The number of unbranched alkanes of at least 4 members (excludes halogenated alkanes) is 48. The van der Waals surface area contributed by atoms with E-state index in [2.05, 4.69) is 27.7 Å². The first kappa shape index (κ1) is 90.1. The molecule has 0 rings (SSSR count). The third-order valence-electron chi connectivity index (χ3n) is 17.1. The van der Waals surface area contributed by atoms with Crippen LogP contribution in [0.15, 0.2) is 0 Å². The molecule has 3 N–H and O–H groups in total. The second-order valence-corrected chi connectivity index (χ2v) is 29.2. The average Bonchev–Trinajstić information content (AvgIpc) is 1.94. The van der Waals surface area contributed by atoms with Crippen LogP contribution in [0.1, 0.15) is 387 Å². The fourth-order valence-electron chi connectivity index (χ4n) is 11.2. The van der Waals surface area contributed by atoms with Crippen LogP contribution in [0, 0.1) is 0 Å². The monoisotopic (exact) mass is 1350 g/mol. The molecular weight excluding hydrogens is 1210 g/mol. The Morgan fingerprint density at radius 3 is 0.641 bits per heavy atom. The summed E-state index contributed by atoms with van der Waals surface area (Å²) in [4.78, 5) is 72.5. The molecule has 0 aliphatic heterocycles. The van der Waals surface area contributed by atoms with Crippen LogP contribution >= 0.6 is 15.6 Å². The maximum Gasteiger partial charge on any atom is 0.472 e. The highest BCUT2D eigenvalue weighted by molar-refractivity contribution is 7.47. The van der Waals surface area contributed by atoms with Crippen molar-refractivity contribution in [2.24, 2.45) is 0 Å². The number of hydrogen-bond acceptors (Lipinski definition) is 15. The van der Waals surface area contributed by atoms with E-state index in [4.69, 9.17) is 37.0 Å². The fraction of sp³-hybridized carbons (Fsp3) is 0.945. The van der Waals surface area contributed by atoms with Gasteiger partial charge in [0.15, 0.2) is 12.2 Å². The van der Waals surface area contributed by atoms with Crippen molar-refractivity contribution >= 4 is 39.5 Å². The summed E-state index contributed by atoms with van der Waals surface area (Å²) in [5.74, 6) is -2.12. The number of ether oxygens (including phenoxy) is 4. The molecule has 19 heteroatoms. The van der Waals surface area contributed by atoms with Crippen molar-refractivity contribution < 1.29 is 80.2 Å². The Labute approximate surface area is 562 Å². The molecule has 2 unspecified atom stereocenters. The van der Waals surface area contributed by atoms with E-state index in [1.165, 1.54) is 212 Å². The second-order valence-electron chi connectivity index (χ2n) is 26.3. The topological polar surface area (TPSA) is 237 Å². The third kappa shape index (κ3) is 66.7. The Kier molecular flexibility index (Phi) is 66.2. The molecular formula is C73H142O17P2. The van der Waals surface area contributed by atoms with Gasteiger partial charge in [0, 0.05) is 25.7 Å². The lowest BCUT2D eigenvalue weighted by Crippen LogP contribution is -2.30. The van der Waals surface area contributed by atoms with Crippen LogP contribution in [0.5, 0.6) is 0 Å². The summed E-state index contributed by atoms with van der Waals surface area (Å²) < 4.78 is 68.2. The molecule has 0 amide bonds. The van der Waals surface area contributed by atoms with Gasteiger partial charge in [0.1, 0.15) is 19.3 Å². The standard InChI is InChI=1S/C73H142O17P2/c1-5-9-13-17-21-25-27-29-30-31-32-33-34-35-36-37-39-41-44-48-52-56-60-73(78)90-69(64-84-71(76)58-54-50-46-43-40-38-28-26-22-18-14-10-6-2)66-88-92(81,82)86-62-67(74)61-85-91(79,80)87-65-68(63-83-70(75)57-53-49-45-24-20-16-12-8-4)89-72(77)59-55-51-47-42-23-19-15-11-7-3/h67-69,74H,5-66H2,1-4H3,(H,79,80)(H,81,82)/t67-,68+,69+/m0/s1. The molecule has 0 radical (unpaired) electrons. The van der Waals surface area contributed by atoms with Crippen molar-refractivity contribution in [1.29, 1.82) is 0 Å². The molecule has 17 nitrogen and oxygen atoms in total. The third-order valence-corrected chi connectivity index (χ3v) is 19.0. The normalized spacial score (nSPS) is 13.9. The van der Waals surface area contributed by atoms with E-state index in [-0.39, 0.29) is 25.7 Å². The summed E-state index contributed by atoms with van der Waals surface area (Å²) in [7, 11) is -9.89. The molecule has 0 saturated carbocycles. The molecule has 5 atom stereocenters. The van der Waals surface area contributed by atoms with E-state index in [0.29, 0.717) is 25.7 Å². The van der Waals surface area contributed by atoms with Crippen molar-refractivity contribution in [2.45, 2.75) is 406 Å². The maximum atomic E-state index is 13.1. The van der Waals surface area contributed by atoms with E-state index in [0.717, 1.165) is 96.3 Å². The van der Waals surface area contributed by atoms with E-state index >= 15 is 0 Å². The second kappa shape index (κ2) is 67.6. The van der Waals surface area contributed by atoms with Gasteiger partial charge >= 0.3 is 39.5 Å². The zero-order chi connectivity index (χ0) is 67.5. The quantitative estimate of drug-likeness (QED) is 0.0222. The largest absolute Gasteiger partial charge is 0.472 e. The lowest BCUT2D eigenvalue weighted by atomic mass is 10.0. The molecule has 92 heavy (non-hydrogen) atoms. The highest BCUT2D eigenvalue weighted by Crippen LogP contribution is 2.45. The molecule has 0 spiro atoms. The van der Waals surface area contributed by atoms with Crippen LogP contribution in [0.3, 0.4) is 0 Å². The first-order valence-corrected chi connectivity index (χ1v) is 41.3. The zero-order valence-corrected chi connectivity index (χ0v) is 61.3. The van der Waals surface area contributed by atoms with Crippen LogP contribution in [-0.2, 0) is 65.4 Å². The van der Waals surface area contributed by atoms with Crippen molar-refractivity contribution in [2.75, 3.05) is 39.6 Å². The predicted molar refractivity (Wildman–Crippen MR) is 372 cm³/mol. The van der Waals surface area contributed by atoms with Crippen molar-refractivity contribution in [3.63, 3.8) is 0 Å². The van der Waals surface area contributed by atoms with Gasteiger partial charge in [-0.25, -0.2) is 9.13 Å². The van der Waals surface area contributed by atoms with E-state index in [1.54, 1.807) is 0 Å². The van der Waals surface area contributed by atoms with Gasteiger partial charge in [-0.3, -0.25) is 37.3 Å². The molecule has 0 aliphatic carbocycles. The van der Waals surface area contributed by atoms with E-state index in [1.807, 2.05) is 0 Å². The number of carbonyl (C=O) groups is 4. The van der Waals surface area contributed by atoms with Crippen LogP contribution in [0.2, 0.25) is 0 Å². The smallest absolute Gasteiger partial charge is 0.462 e. The summed E-state index contributed by atoms with van der Waals surface area (Å²) in [6.45, 7) is 4.92. The summed E-state index contributed by atoms with van der Waals surface area (Å²) in [6, 6.07) is 0. The van der Waals surface area contributed by atoms with Crippen LogP contribution < -0.4 is 0 Å². The Balaban J connectivity index is 5.12. The lowest BCUT2D eigenvalue weighted by Gasteiger charge is -2.21. The van der Waals surface area contributed by atoms with Gasteiger partial charge in [0.2, 0.25) is 0 Å². The van der Waals surface area contributed by atoms with Gasteiger partial charge in [0.25, 0.3) is 0 Å². The molecule has 0 aromatic rings. The van der Waals surface area contributed by atoms with Crippen LogP contribution in [-0.4, -0.2) is 96.7 Å². The lowest BCUT2D eigenvalue weighted by molar-refractivity contribution is -0.161. The molecule has 0 aromatic heterocycles. The number of esters is 4. The van der Waals surface area contributed by atoms with Gasteiger partial charge < -0.3 is 33.8 Å². The molecule has 0 heterocycles. The molecule has 0 fully saturated rings. The van der Waals surface area contributed by atoms with Gasteiger partial charge in [-0.2, -0.15) is 0 Å².